The molecule has 0 saturated carbocycles. The second kappa shape index (κ2) is 8.71. The third-order valence-electron chi connectivity index (χ3n) is 4.13. The van der Waals surface area contributed by atoms with E-state index >= 15 is 0 Å². The number of anilines is 1. The maximum atomic E-state index is 12.5. The van der Waals surface area contributed by atoms with E-state index < -0.39 is 27.5 Å². The first kappa shape index (κ1) is 20.9. The predicted molar refractivity (Wildman–Crippen MR) is 106 cm³/mol. The fourth-order valence-corrected chi connectivity index (χ4v) is 4.10. The molecule has 3 rings (SSSR count). The summed E-state index contributed by atoms with van der Waals surface area (Å²) in [6, 6.07) is 8.65. The average molecular weight is 440 g/mol. The van der Waals surface area contributed by atoms with Gasteiger partial charge in [-0.25, -0.2) is 13.2 Å². The highest BCUT2D eigenvalue weighted by Gasteiger charge is 2.21. The highest BCUT2D eigenvalue weighted by Crippen LogP contribution is 2.32. The second-order valence-corrected chi connectivity index (χ2v) is 8.63. The van der Waals surface area contributed by atoms with E-state index in [4.69, 9.17) is 21.1 Å². The number of hydrogen-bond donors (Lipinski definition) is 1. The Balaban J connectivity index is 1.65. The molecule has 1 aliphatic rings. The van der Waals surface area contributed by atoms with Crippen LogP contribution in [0.1, 0.15) is 16.8 Å². The number of nitrogens with one attached hydrogen (secondary N) is 1. The van der Waals surface area contributed by atoms with Crippen molar-refractivity contribution in [3.05, 3.63) is 47.0 Å². The van der Waals surface area contributed by atoms with Crippen LogP contribution in [0.5, 0.6) is 11.5 Å². The van der Waals surface area contributed by atoms with E-state index in [2.05, 4.69) is 10.1 Å². The van der Waals surface area contributed by atoms with Gasteiger partial charge in [0.15, 0.2) is 21.3 Å². The maximum absolute atomic E-state index is 12.5. The maximum Gasteiger partial charge on any atom is 0.339 e. The lowest BCUT2D eigenvalue weighted by Gasteiger charge is -2.18. The molecule has 154 valence electrons. The lowest BCUT2D eigenvalue weighted by molar-refractivity contribution is -0.115. The van der Waals surface area contributed by atoms with E-state index in [0.717, 1.165) is 0 Å². The number of carbonyl (C=O) groups excluding carboxylic acids is 2. The SMILES string of the molecule is COC(=O)c1cc(NC(=O)CCS(=O)(=O)c2ccc3c(c2)OCCO3)ccc1Cl. The van der Waals surface area contributed by atoms with Gasteiger partial charge < -0.3 is 19.5 Å². The van der Waals surface area contributed by atoms with Gasteiger partial charge in [-0.2, -0.15) is 0 Å². The van der Waals surface area contributed by atoms with Crippen molar-refractivity contribution < 1.29 is 32.2 Å². The molecule has 1 N–H and O–H groups in total. The van der Waals surface area contributed by atoms with Gasteiger partial charge in [-0.15, -0.1) is 0 Å². The van der Waals surface area contributed by atoms with Gasteiger partial charge in [-0.05, 0) is 30.3 Å². The van der Waals surface area contributed by atoms with Gasteiger partial charge >= 0.3 is 5.97 Å². The molecule has 8 nitrogen and oxygen atoms in total. The van der Waals surface area contributed by atoms with Crippen LogP contribution in [0.3, 0.4) is 0 Å². The molecule has 0 radical (unpaired) electrons. The van der Waals surface area contributed by atoms with Crippen LogP contribution in [0.4, 0.5) is 5.69 Å². The molecule has 10 heteroatoms. The summed E-state index contributed by atoms with van der Waals surface area (Å²) in [5.74, 6) is -0.720. The molecule has 2 aromatic carbocycles. The summed E-state index contributed by atoms with van der Waals surface area (Å²) < 4.78 is 40.5. The van der Waals surface area contributed by atoms with Crippen LogP contribution in [0.15, 0.2) is 41.3 Å². The molecule has 0 unspecified atom stereocenters. The Kier molecular flexibility index (Phi) is 6.29. The Morgan fingerprint density at radius 1 is 1.10 bits per heavy atom. The number of fused-ring (bicyclic) bond motifs is 1. The van der Waals surface area contributed by atoms with Gasteiger partial charge in [0.25, 0.3) is 0 Å². The van der Waals surface area contributed by atoms with Gasteiger partial charge in [0.2, 0.25) is 5.91 Å². The summed E-state index contributed by atoms with van der Waals surface area (Å²) >= 11 is 5.93. The lowest BCUT2D eigenvalue weighted by atomic mass is 10.2. The molecular weight excluding hydrogens is 422 g/mol. The number of amides is 1. The van der Waals surface area contributed by atoms with Crippen LogP contribution in [0.2, 0.25) is 5.02 Å². The largest absolute Gasteiger partial charge is 0.486 e. The zero-order chi connectivity index (χ0) is 21.0. The van der Waals surface area contributed by atoms with E-state index in [0.29, 0.717) is 30.4 Å². The molecule has 0 atom stereocenters. The molecule has 0 bridgehead atoms. The number of esters is 1. The third-order valence-corrected chi connectivity index (χ3v) is 6.17. The highest BCUT2D eigenvalue weighted by molar-refractivity contribution is 7.91. The van der Waals surface area contributed by atoms with Crippen molar-refractivity contribution in [1.29, 1.82) is 0 Å². The van der Waals surface area contributed by atoms with Crippen LogP contribution in [0, 0.1) is 0 Å². The number of sulfone groups is 1. The van der Waals surface area contributed by atoms with Crippen LogP contribution in [0.25, 0.3) is 0 Å². The van der Waals surface area contributed by atoms with Crippen molar-refractivity contribution in [1.82, 2.24) is 0 Å². The molecule has 0 aliphatic carbocycles. The fourth-order valence-electron chi connectivity index (χ4n) is 2.65. The van der Waals surface area contributed by atoms with E-state index in [-0.39, 0.29) is 21.9 Å². The molecule has 1 heterocycles. The minimum atomic E-state index is -3.70. The van der Waals surface area contributed by atoms with Crippen molar-refractivity contribution in [2.75, 3.05) is 31.4 Å². The van der Waals surface area contributed by atoms with Gasteiger partial charge in [-0.1, -0.05) is 11.6 Å². The van der Waals surface area contributed by atoms with Gasteiger partial charge in [0.05, 0.1) is 28.3 Å². The van der Waals surface area contributed by atoms with E-state index in [1.165, 1.54) is 43.5 Å². The van der Waals surface area contributed by atoms with Gasteiger partial charge in [0.1, 0.15) is 13.2 Å². The second-order valence-electron chi connectivity index (χ2n) is 6.11. The van der Waals surface area contributed by atoms with Crippen molar-refractivity contribution in [2.24, 2.45) is 0 Å². The summed E-state index contributed by atoms with van der Waals surface area (Å²) in [4.78, 5) is 23.9. The summed E-state index contributed by atoms with van der Waals surface area (Å²) in [5, 5.41) is 2.72. The molecule has 0 saturated heterocycles. The molecule has 29 heavy (non-hydrogen) atoms. The molecule has 1 amide bonds. The Labute approximate surface area is 172 Å². The number of hydrogen-bond acceptors (Lipinski definition) is 7. The predicted octanol–water partition coefficient (Wildman–Crippen LogP) is 2.70. The Hall–Kier alpha value is -2.78. The quantitative estimate of drug-likeness (QED) is 0.689. The zero-order valence-electron chi connectivity index (χ0n) is 15.4. The van der Waals surface area contributed by atoms with Crippen LogP contribution in [-0.4, -0.2) is 46.4 Å². The van der Waals surface area contributed by atoms with Gasteiger partial charge in [0, 0.05) is 18.2 Å². The number of carbonyl (C=O) groups is 2. The molecule has 0 spiro atoms. The number of methoxy groups -OCH3 is 1. The number of ether oxygens (including phenoxy) is 3. The monoisotopic (exact) mass is 439 g/mol. The third kappa shape index (κ3) is 4.99. The summed E-state index contributed by atoms with van der Waals surface area (Å²) in [6.07, 6.45) is -0.271. The summed E-state index contributed by atoms with van der Waals surface area (Å²) in [6.45, 7) is 0.745. The van der Waals surface area contributed by atoms with E-state index in [1.54, 1.807) is 0 Å². The molecule has 1 aliphatic heterocycles. The van der Waals surface area contributed by atoms with Crippen molar-refractivity contribution >= 4 is 39.0 Å². The van der Waals surface area contributed by atoms with E-state index in [9.17, 15) is 18.0 Å². The Morgan fingerprint density at radius 3 is 2.55 bits per heavy atom. The van der Waals surface area contributed by atoms with E-state index in [1.807, 2.05) is 0 Å². The van der Waals surface area contributed by atoms with Crippen LogP contribution in [-0.2, 0) is 19.4 Å². The number of rotatable bonds is 6. The minimum absolute atomic E-state index is 0.0500. The first-order valence-electron chi connectivity index (χ1n) is 8.60. The van der Waals surface area contributed by atoms with Crippen LogP contribution < -0.4 is 14.8 Å². The smallest absolute Gasteiger partial charge is 0.339 e. The zero-order valence-corrected chi connectivity index (χ0v) is 17.0. The molecular formula is C19H18ClNO7S. The Morgan fingerprint density at radius 2 is 1.83 bits per heavy atom. The average Bonchev–Trinajstić information content (AvgIpc) is 2.72. The van der Waals surface area contributed by atoms with Crippen molar-refractivity contribution in [2.45, 2.75) is 11.3 Å². The lowest BCUT2D eigenvalue weighted by Crippen LogP contribution is -2.19. The number of halogens is 1. The summed E-state index contributed by atoms with van der Waals surface area (Å²) in [7, 11) is -2.49. The normalized spacial score (nSPS) is 12.9. The topological polar surface area (TPSA) is 108 Å². The molecule has 0 aromatic heterocycles. The minimum Gasteiger partial charge on any atom is -0.486 e. The molecule has 2 aromatic rings. The first-order valence-corrected chi connectivity index (χ1v) is 10.6. The highest BCUT2D eigenvalue weighted by atomic mass is 35.5. The van der Waals surface area contributed by atoms with Crippen molar-refractivity contribution in [3.8, 4) is 11.5 Å². The Bertz CT molecular complexity index is 1050. The standard InChI is InChI=1S/C19H18ClNO7S/c1-26-19(23)14-10-12(2-4-15(14)20)21-18(22)6-9-29(24,25)13-3-5-16-17(11-13)28-8-7-27-16/h2-5,10-11H,6-9H2,1H3,(H,21,22). The fraction of sp³-hybridized carbons (Fsp3) is 0.263. The van der Waals surface area contributed by atoms with Crippen molar-refractivity contribution in [3.63, 3.8) is 0 Å². The van der Waals surface area contributed by atoms with Gasteiger partial charge in [-0.3, -0.25) is 4.79 Å². The summed E-state index contributed by atoms with van der Waals surface area (Å²) in [5.41, 5.74) is 0.396. The number of benzene rings is 2. The first-order chi connectivity index (χ1) is 13.8. The molecule has 0 fully saturated rings. The van der Waals surface area contributed by atoms with Crippen LogP contribution >= 0.6 is 11.6 Å².